The van der Waals surface area contributed by atoms with E-state index in [4.69, 9.17) is 16.9 Å². The summed E-state index contributed by atoms with van der Waals surface area (Å²) >= 11 is 0. The van der Waals surface area contributed by atoms with E-state index >= 15 is 0 Å². The van der Waals surface area contributed by atoms with Crippen LogP contribution >= 0.6 is 0 Å². The van der Waals surface area contributed by atoms with Crippen LogP contribution in [0.3, 0.4) is 0 Å². The van der Waals surface area contributed by atoms with Gasteiger partial charge in [0.25, 0.3) is 5.91 Å². The highest BCUT2D eigenvalue weighted by molar-refractivity contribution is 5.96. The number of carbonyl (C=O) groups is 1. The van der Waals surface area contributed by atoms with Crippen LogP contribution in [0.2, 0.25) is 0 Å². The minimum absolute atomic E-state index is 0.0163. The number of guanidine groups is 1. The average molecular weight is 389 g/mol. The number of hydrogen-bond acceptors (Lipinski definition) is 5. The third-order valence-electron chi connectivity index (χ3n) is 5.09. The molecule has 0 bridgehead atoms. The maximum absolute atomic E-state index is 14.6. The lowest BCUT2D eigenvalue weighted by Gasteiger charge is -2.42. The summed E-state index contributed by atoms with van der Waals surface area (Å²) in [5, 5.41) is 10.3. The van der Waals surface area contributed by atoms with Crippen LogP contribution < -0.4 is 16.8 Å². The molecule has 0 radical (unpaired) electrons. The molecule has 0 spiro atoms. The Labute approximate surface area is 160 Å². The van der Waals surface area contributed by atoms with Crippen molar-refractivity contribution in [3.8, 4) is 0 Å². The molecule has 1 amide bonds. The monoisotopic (exact) mass is 389 g/mol. The van der Waals surface area contributed by atoms with Crippen molar-refractivity contribution >= 4 is 17.7 Å². The van der Waals surface area contributed by atoms with Gasteiger partial charge in [0.15, 0.2) is 17.5 Å². The Kier molecular flexibility index (Phi) is 5.39. The quantitative estimate of drug-likeness (QED) is 0.455. The molecule has 8 nitrogen and oxygen atoms in total. The SMILES string of the molecule is N=C(N)N1CCC(CNC(=O)c2nccnc2N)(c2cc(F)ccc2F)CC1. The molecule has 10 heteroatoms. The van der Waals surface area contributed by atoms with E-state index in [1.807, 2.05) is 0 Å². The number of likely N-dealkylation sites (tertiary alicyclic amines) is 1. The van der Waals surface area contributed by atoms with Gasteiger partial charge in [0.2, 0.25) is 0 Å². The van der Waals surface area contributed by atoms with Gasteiger partial charge in [-0.3, -0.25) is 10.2 Å². The molecule has 1 aliphatic rings. The highest BCUT2D eigenvalue weighted by atomic mass is 19.1. The van der Waals surface area contributed by atoms with Crippen LogP contribution in [-0.2, 0) is 5.41 Å². The van der Waals surface area contributed by atoms with Gasteiger partial charge in [-0.2, -0.15) is 0 Å². The Balaban J connectivity index is 1.87. The first-order valence-corrected chi connectivity index (χ1v) is 8.71. The van der Waals surface area contributed by atoms with Crippen LogP contribution in [0.15, 0.2) is 30.6 Å². The van der Waals surface area contributed by atoms with E-state index in [-0.39, 0.29) is 29.6 Å². The summed E-state index contributed by atoms with van der Waals surface area (Å²) in [5.41, 5.74) is 10.5. The van der Waals surface area contributed by atoms with E-state index in [2.05, 4.69) is 15.3 Å². The highest BCUT2D eigenvalue weighted by Crippen LogP contribution is 2.37. The van der Waals surface area contributed by atoms with Crippen molar-refractivity contribution in [3.63, 3.8) is 0 Å². The molecule has 2 heterocycles. The van der Waals surface area contributed by atoms with Gasteiger partial charge in [-0.05, 0) is 36.6 Å². The number of nitrogens with two attached hydrogens (primary N) is 2. The fourth-order valence-corrected chi connectivity index (χ4v) is 3.48. The predicted octanol–water partition coefficient (Wildman–Crippen LogP) is 0.994. The molecule has 1 aromatic heterocycles. The van der Waals surface area contributed by atoms with Gasteiger partial charge in [-0.1, -0.05) is 0 Å². The van der Waals surface area contributed by atoms with E-state index in [9.17, 15) is 13.6 Å². The Morgan fingerprint density at radius 2 is 1.93 bits per heavy atom. The molecule has 0 atom stereocenters. The van der Waals surface area contributed by atoms with Crippen molar-refractivity contribution in [2.75, 3.05) is 25.4 Å². The first-order valence-electron chi connectivity index (χ1n) is 8.71. The van der Waals surface area contributed by atoms with Crippen molar-refractivity contribution in [3.05, 3.63) is 53.5 Å². The Morgan fingerprint density at radius 1 is 1.25 bits per heavy atom. The lowest BCUT2D eigenvalue weighted by molar-refractivity contribution is 0.0926. The largest absolute Gasteiger partial charge is 0.382 e. The molecular formula is C18H21F2N7O. The molecule has 148 valence electrons. The molecule has 0 unspecified atom stereocenters. The number of rotatable bonds is 4. The summed E-state index contributed by atoms with van der Waals surface area (Å²) in [5.74, 6) is -1.75. The third-order valence-corrected chi connectivity index (χ3v) is 5.09. The standard InChI is InChI=1S/C18H21F2N7O/c19-11-1-2-13(20)12(9-11)18(3-7-27(8-4-18)17(22)23)10-26-16(28)14-15(21)25-6-5-24-14/h1-2,5-6,9H,3-4,7-8,10H2,(H2,21,25)(H3,22,23)(H,26,28). The number of anilines is 1. The number of nitrogens with zero attached hydrogens (tertiary/aromatic N) is 3. The second kappa shape index (κ2) is 7.75. The normalized spacial score (nSPS) is 15.9. The summed E-state index contributed by atoms with van der Waals surface area (Å²) < 4.78 is 28.4. The average Bonchev–Trinajstić information content (AvgIpc) is 2.68. The van der Waals surface area contributed by atoms with Gasteiger partial charge in [0.1, 0.15) is 11.6 Å². The number of hydrogen-bond donors (Lipinski definition) is 4. The minimum Gasteiger partial charge on any atom is -0.382 e. The van der Waals surface area contributed by atoms with E-state index in [0.717, 1.165) is 18.2 Å². The fraction of sp³-hybridized carbons (Fsp3) is 0.333. The summed E-state index contributed by atoms with van der Waals surface area (Å²) in [6.45, 7) is 0.816. The Hall–Kier alpha value is -3.30. The third kappa shape index (κ3) is 3.85. The van der Waals surface area contributed by atoms with Gasteiger partial charge in [0, 0.05) is 37.4 Å². The van der Waals surface area contributed by atoms with Crippen molar-refractivity contribution in [2.45, 2.75) is 18.3 Å². The van der Waals surface area contributed by atoms with Gasteiger partial charge >= 0.3 is 0 Å². The molecule has 6 N–H and O–H groups in total. The zero-order chi connectivity index (χ0) is 20.3. The zero-order valence-electron chi connectivity index (χ0n) is 15.1. The van der Waals surface area contributed by atoms with Crippen molar-refractivity contribution in [1.82, 2.24) is 20.2 Å². The van der Waals surface area contributed by atoms with E-state index in [0.29, 0.717) is 25.9 Å². The topological polar surface area (TPSA) is 134 Å². The van der Waals surface area contributed by atoms with Gasteiger partial charge in [-0.25, -0.2) is 18.7 Å². The number of carbonyl (C=O) groups excluding carboxylic acids is 1. The van der Waals surface area contributed by atoms with Gasteiger partial charge in [-0.15, -0.1) is 0 Å². The predicted molar refractivity (Wildman–Crippen MR) is 99.5 cm³/mol. The summed E-state index contributed by atoms with van der Waals surface area (Å²) in [6.07, 6.45) is 3.47. The maximum Gasteiger partial charge on any atom is 0.273 e. The molecule has 1 fully saturated rings. The van der Waals surface area contributed by atoms with Crippen LogP contribution in [0.1, 0.15) is 28.9 Å². The molecule has 2 aromatic rings. The van der Waals surface area contributed by atoms with Gasteiger partial charge < -0.3 is 21.7 Å². The first-order chi connectivity index (χ1) is 13.3. The lowest BCUT2D eigenvalue weighted by atomic mass is 9.72. The molecule has 1 aromatic carbocycles. The number of nitrogens with one attached hydrogen (secondary N) is 2. The smallest absolute Gasteiger partial charge is 0.273 e. The lowest BCUT2D eigenvalue weighted by Crippen LogP contribution is -2.52. The van der Waals surface area contributed by atoms with Crippen LogP contribution in [0.25, 0.3) is 0 Å². The number of benzene rings is 1. The van der Waals surface area contributed by atoms with Crippen LogP contribution in [0.5, 0.6) is 0 Å². The molecular weight excluding hydrogens is 368 g/mol. The number of piperidine rings is 1. The number of aromatic nitrogens is 2. The Morgan fingerprint density at radius 3 is 2.57 bits per heavy atom. The Bertz CT molecular complexity index is 897. The molecule has 1 saturated heterocycles. The molecule has 0 aliphatic carbocycles. The van der Waals surface area contributed by atoms with Crippen molar-refractivity contribution < 1.29 is 13.6 Å². The molecule has 1 aliphatic heterocycles. The zero-order valence-corrected chi connectivity index (χ0v) is 15.1. The number of nitrogen functional groups attached to an aromatic ring is 1. The first kappa shape index (κ1) is 19.5. The van der Waals surface area contributed by atoms with E-state index in [1.54, 1.807) is 4.90 Å². The van der Waals surface area contributed by atoms with Crippen LogP contribution in [0.4, 0.5) is 14.6 Å². The summed E-state index contributed by atoms with van der Waals surface area (Å²) in [7, 11) is 0. The van der Waals surface area contributed by atoms with Gasteiger partial charge in [0.05, 0.1) is 0 Å². The van der Waals surface area contributed by atoms with E-state index < -0.39 is 23.0 Å². The molecule has 28 heavy (non-hydrogen) atoms. The number of halogens is 2. The maximum atomic E-state index is 14.6. The number of amides is 1. The van der Waals surface area contributed by atoms with E-state index in [1.165, 1.54) is 12.4 Å². The highest BCUT2D eigenvalue weighted by Gasteiger charge is 2.39. The van der Waals surface area contributed by atoms with Crippen molar-refractivity contribution in [2.24, 2.45) is 5.73 Å². The summed E-state index contributed by atoms with van der Waals surface area (Å²) in [4.78, 5) is 21.9. The molecule has 0 saturated carbocycles. The molecule has 3 rings (SSSR count). The summed E-state index contributed by atoms with van der Waals surface area (Å²) in [6, 6.07) is 3.28. The van der Waals surface area contributed by atoms with Crippen LogP contribution in [-0.4, -0.2) is 46.4 Å². The second-order valence-corrected chi connectivity index (χ2v) is 6.75. The minimum atomic E-state index is -0.856. The second-order valence-electron chi connectivity index (χ2n) is 6.75. The van der Waals surface area contributed by atoms with Crippen LogP contribution in [0, 0.1) is 17.0 Å². The van der Waals surface area contributed by atoms with Crippen molar-refractivity contribution in [1.29, 1.82) is 5.41 Å². The fourth-order valence-electron chi connectivity index (χ4n) is 3.48.